The number of carbonyl (C=O) groups excluding carboxylic acids is 1. The van der Waals surface area contributed by atoms with Gasteiger partial charge in [-0.3, -0.25) is 0 Å². The van der Waals surface area contributed by atoms with Crippen molar-refractivity contribution in [2.75, 3.05) is 7.11 Å². The lowest BCUT2D eigenvalue weighted by molar-refractivity contribution is -0.219. The fraction of sp³-hybridized carbons (Fsp3) is 0.628. The number of pyridine rings is 1. The molecule has 0 saturated heterocycles. The van der Waals surface area contributed by atoms with Gasteiger partial charge in [0.15, 0.2) is 0 Å². The molecule has 1 N–H and O–H groups in total. The molecule has 0 amide bonds. The van der Waals surface area contributed by atoms with Crippen molar-refractivity contribution in [2.24, 2.45) is 51.2 Å². The molecule has 4 nitrogen and oxygen atoms in total. The highest BCUT2D eigenvalue weighted by Gasteiger charge is 2.70. The van der Waals surface area contributed by atoms with Crippen molar-refractivity contribution >= 4 is 11.5 Å². The van der Waals surface area contributed by atoms with Crippen LogP contribution in [0.15, 0.2) is 60.8 Å². The number of aromatic nitrogens is 1. The molecular formula is C43H57FN2O2. The van der Waals surface area contributed by atoms with Crippen LogP contribution >= 0.6 is 0 Å². The number of esters is 1. The van der Waals surface area contributed by atoms with Gasteiger partial charge in [0, 0.05) is 18.3 Å². The molecule has 1 aromatic carbocycles. The maximum atomic E-state index is 14.0. The van der Waals surface area contributed by atoms with Gasteiger partial charge >= 0.3 is 5.97 Å². The summed E-state index contributed by atoms with van der Waals surface area (Å²) in [6, 6.07) is 11.6. The van der Waals surface area contributed by atoms with Gasteiger partial charge in [0.05, 0.1) is 12.7 Å². The highest BCUT2D eigenvalue weighted by atomic mass is 19.1. The van der Waals surface area contributed by atoms with Crippen molar-refractivity contribution < 1.29 is 13.9 Å². The molecule has 0 spiro atoms. The zero-order valence-electron chi connectivity index (χ0n) is 30.4. The third kappa shape index (κ3) is 4.83. The molecule has 9 atom stereocenters. The Bertz CT molecular complexity index is 1630. The van der Waals surface area contributed by atoms with E-state index in [2.05, 4.69) is 76.6 Å². The third-order valence-electron chi connectivity index (χ3n) is 15.7. The van der Waals surface area contributed by atoms with Crippen LogP contribution in [0.4, 0.5) is 4.39 Å². The predicted octanol–water partition coefficient (Wildman–Crippen LogP) is 10.2. The second-order valence-corrected chi connectivity index (χ2v) is 17.8. The first-order valence-corrected chi connectivity index (χ1v) is 18.6. The number of rotatable bonds is 6. The first-order valence-electron chi connectivity index (χ1n) is 18.6. The average Bonchev–Trinajstić information content (AvgIpc) is 3.44. The molecule has 1 aromatic heterocycles. The summed E-state index contributed by atoms with van der Waals surface area (Å²) in [5.41, 5.74) is 6.48. The van der Waals surface area contributed by atoms with Crippen molar-refractivity contribution in [1.29, 1.82) is 0 Å². The van der Waals surface area contributed by atoms with Crippen LogP contribution in [0.5, 0.6) is 0 Å². The first kappa shape index (κ1) is 33.7. The van der Waals surface area contributed by atoms with E-state index in [9.17, 15) is 9.18 Å². The Morgan fingerprint density at radius 1 is 0.958 bits per heavy atom. The number of carbonyl (C=O) groups is 1. The summed E-state index contributed by atoms with van der Waals surface area (Å²) in [7, 11) is 1.44. The maximum absolute atomic E-state index is 14.0. The van der Waals surface area contributed by atoms with Crippen molar-refractivity contribution in [3.63, 3.8) is 0 Å². The molecule has 7 rings (SSSR count). The Balaban J connectivity index is 1.19. The van der Waals surface area contributed by atoms with Gasteiger partial charge < -0.3 is 10.1 Å². The van der Waals surface area contributed by atoms with E-state index in [1.165, 1.54) is 75.2 Å². The van der Waals surface area contributed by atoms with Crippen LogP contribution in [0.1, 0.15) is 121 Å². The van der Waals surface area contributed by atoms with E-state index in [-0.39, 0.29) is 33.2 Å². The van der Waals surface area contributed by atoms with Gasteiger partial charge in [0.1, 0.15) is 0 Å². The van der Waals surface area contributed by atoms with E-state index < -0.39 is 5.95 Å². The van der Waals surface area contributed by atoms with E-state index >= 15 is 0 Å². The van der Waals surface area contributed by atoms with Gasteiger partial charge in [-0.25, -0.2) is 9.78 Å². The summed E-state index contributed by atoms with van der Waals surface area (Å²) >= 11 is 0. The maximum Gasteiger partial charge on any atom is 0.337 e. The number of fused-ring (bicyclic) bond motifs is 7. The molecular weight excluding hydrogens is 595 g/mol. The van der Waals surface area contributed by atoms with Crippen LogP contribution in [0.3, 0.4) is 0 Å². The normalized spacial score (nSPS) is 39.7. The zero-order valence-corrected chi connectivity index (χ0v) is 30.4. The molecule has 0 unspecified atom stereocenters. The van der Waals surface area contributed by atoms with Gasteiger partial charge in [0.25, 0.3) is 0 Å². The average molecular weight is 653 g/mol. The van der Waals surface area contributed by atoms with Crippen LogP contribution in [0.25, 0.3) is 5.57 Å². The van der Waals surface area contributed by atoms with Crippen molar-refractivity contribution in [3.8, 4) is 0 Å². The van der Waals surface area contributed by atoms with Crippen LogP contribution in [0.2, 0.25) is 0 Å². The molecule has 2 aromatic rings. The largest absolute Gasteiger partial charge is 0.465 e. The number of hydrogen-bond acceptors (Lipinski definition) is 4. The highest BCUT2D eigenvalue weighted by Crippen LogP contribution is 2.76. The number of nitrogens with zero attached hydrogens (tertiary/aromatic N) is 1. The molecule has 0 aliphatic heterocycles. The lowest BCUT2D eigenvalue weighted by atomic mass is 9.33. The van der Waals surface area contributed by atoms with Crippen molar-refractivity contribution in [3.05, 3.63) is 83.5 Å². The van der Waals surface area contributed by atoms with Crippen molar-refractivity contribution in [2.45, 2.75) is 111 Å². The number of nitrogens with one attached hydrogen (secondary N) is 1. The number of methoxy groups -OCH3 is 1. The first-order chi connectivity index (χ1) is 22.7. The smallest absolute Gasteiger partial charge is 0.337 e. The molecule has 48 heavy (non-hydrogen) atoms. The molecule has 0 radical (unpaired) electrons. The zero-order chi connectivity index (χ0) is 34.3. The lowest BCUT2D eigenvalue weighted by Crippen LogP contribution is -2.67. The van der Waals surface area contributed by atoms with Crippen LogP contribution in [-0.2, 0) is 11.3 Å². The minimum atomic E-state index is -0.398. The van der Waals surface area contributed by atoms with E-state index in [0.717, 1.165) is 12.0 Å². The number of halogens is 1. The van der Waals surface area contributed by atoms with E-state index in [1.807, 2.05) is 18.2 Å². The Hall–Kier alpha value is -2.79. The molecule has 5 aliphatic carbocycles. The molecule has 4 saturated carbocycles. The Morgan fingerprint density at radius 3 is 2.40 bits per heavy atom. The van der Waals surface area contributed by atoms with Crippen molar-refractivity contribution in [1.82, 2.24) is 10.3 Å². The topological polar surface area (TPSA) is 51.2 Å². The summed E-state index contributed by atoms with van der Waals surface area (Å²) in [6.07, 6.45) is 15.2. The number of ether oxygens (including phenoxy) is 1. The highest BCUT2D eigenvalue weighted by molar-refractivity contribution is 5.89. The minimum absolute atomic E-state index is 0.0352. The standard InChI is InChI=1S/C43H57FN2O2/c1-27(2)31-15-21-43(46-26-28-18-24-45-36(44)25-28)23-22-41(6)33(37(31)43)13-14-35-40(5)19-16-32(29-9-11-30(12-10-29)38(47)48-8)39(3,4)34(40)17-20-42(35,41)7/h9-12,16,18,24-25,31,33-35,37,46H,1,13-15,17,19-23,26H2,2-8H3/t31-,33+,34-,35+,37+,40-,41+,42+,43-/m0/s1. The van der Waals surface area contributed by atoms with Gasteiger partial charge in [-0.2, -0.15) is 4.39 Å². The summed E-state index contributed by atoms with van der Waals surface area (Å²) < 4.78 is 19.0. The Morgan fingerprint density at radius 2 is 1.71 bits per heavy atom. The van der Waals surface area contributed by atoms with Gasteiger partial charge in [-0.05, 0) is 157 Å². The molecule has 4 fully saturated rings. The second kappa shape index (κ2) is 11.6. The van der Waals surface area contributed by atoms with Gasteiger partial charge in [-0.15, -0.1) is 0 Å². The minimum Gasteiger partial charge on any atom is -0.465 e. The predicted molar refractivity (Wildman–Crippen MR) is 191 cm³/mol. The van der Waals surface area contributed by atoms with Gasteiger partial charge in [0.2, 0.25) is 5.95 Å². The SMILES string of the molecule is C=C(C)[C@@H]1CC[C@]2(NCc3ccnc(F)c3)CC[C@]3(C)[C@H](CC[C@@H]4[C@@]5(C)CC=C(c6ccc(C(=O)OC)cc6)C(C)(C)[C@@H]5CC[C@]43C)[C@@H]12. The summed E-state index contributed by atoms with van der Waals surface area (Å²) in [6.45, 7) is 20.5. The van der Waals surface area contributed by atoms with Gasteiger partial charge in [-0.1, -0.05) is 65.0 Å². The monoisotopic (exact) mass is 652 g/mol. The lowest BCUT2D eigenvalue weighted by Gasteiger charge is -2.72. The van der Waals surface area contributed by atoms with E-state index in [4.69, 9.17) is 4.74 Å². The third-order valence-corrected chi connectivity index (χ3v) is 15.7. The number of allylic oxidation sites excluding steroid dienone is 3. The van der Waals surface area contributed by atoms with Crippen LogP contribution < -0.4 is 5.32 Å². The second-order valence-electron chi connectivity index (χ2n) is 17.8. The summed E-state index contributed by atoms with van der Waals surface area (Å²) in [5.74, 6) is 2.34. The quantitative estimate of drug-likeness (QED) is 0.192. The van der Waals surface area contributed by atoms with Crippen LogP contribution in [0, 0.1) is 57.2 Å². The molecule has 258 valence electrons. The Labute approximate surface area is 288 Å². The molecule has 5 aliphatic rings. The van der Waals surface area contributed by atoms with E-state index in [1.54, 1.807) is 12.3 Å². The fourth-order valence-electron chi connectivity index (χ4n) is 13.3. The van der Waals surface area contributed by atoms with Crippen LogP contribution in [-0.4, -0.2) is 23.6 Å². The Kier molecular flexibility index (Phi) is 8.17. The summed E-state index contributed by atoms with van der Waals surface area (Å²) in [5, 5.41) is 4.09. The van der Waals surface area contributed by atoms with E-state index in [0.29, 0.717) is 41.7 Å². The number of benzene rings is 1. The fourth-order valence-corrected chi connectivity index (χ4v) is 13.3. The molecule has 5 heteroatoms. The number of hydrogen-bond donors (Lipinski definition) is 1. The molecule has 0 bridgehead atoms. The molecule has 1 heterocycles. The summed E-state index contributed by atoms with van der Waals surface area (Å²) in [4.78, 5) is 15.9.